The first-order valence-electron chi connectivity index (χ1n) is 7.08. The lowest BCUT2D eigenvalue weighted by Crippen LogP contribution is -2.38. The Morgan fingerprint density at radius 3 is 2.21 bits per heavy atom. The number of nitrogens with one attached hydrogen (secondary N) is 1. The van der Waals surface area contributed by atoms with Gasteiger partial charge in [0, 0.05) is 19.4 Å². The van der Waals surface area contributed by atoms with Crippen LogP contribution in [0.15, 0.2) is 42.5 Å². The molecule has 2 atom stereocenters. The van der Waals surface area contributed by atoms with Crippen LogP contribution in [0.3, 0.4) is 0 Å². The molecule has 0 saturated heterocycles. The minimum atomic E-state index is -2.75. The van der Waals surface area contributed by atoms with Gasteiger partial charge in [0.2, 0.25) is 8.03 Å². The number of rotatable bonds is 4. The van der Waals surface area contributed by atoms with Crippen LogP contribution in [-0.2, 0) is 4.57 Å². The van der Waals surface area contributed by atoms with E-state index in [9.17, 15) is 14.3 Å². The number of hydrogen-bond acceptors (Lipinski definition) is 2. The first-order valence-corrected chi connectivity index (χ1v) is 9.19. The van der Waals surface area contributed by atoms with Crippen molar-refractivity contribution in [1.82, 2.24) is 10.2 Å². The summed E-state index contributed by atoms with van der Waals surface area (Å²) in [5.41, 5.74) is 1.56. The van der Waals surface area contributed by atoms with Crippen molar-refractivity contribution < 1.29 is 14.3 Å². The molecule has 0 radical (unpaired) electrons. The van der Waals surface area contributed by atoms with Crippen molar-refractivity contribution in [3.05, 3.63) is 63.6 Å². The summed E-state index contributed by atoms with van der Waals surface area (Å²) in [5, 5.41) is 3.76. The Hall–Kier alpha value is -1.52. The molecule has 5 nitrogen and oxygen atoms in total. The lowest BCUT2D eigenvalue weighted by atomic mass is 9.97. The number of amides is 2. The Kier molecular flexibility index (Phi) is 6.30. The molecule has 0 aliphatic rings. The zero-order chi connectivity index (χ0) is 17.9. The van der Waals surface area contributed by atoms with Crippen molar-refractivity contribution in [2.75, 3.05) is 14.1 Å². The first-order chi connectivity index (χ1) is 11.3. The van der Waals surface area contributed by atoms with Crippen molar-refractivity contribution in [3.63, 3.8) is 0 Å². The van der Waals surface area contributed by atoms with Gasteiger partial charge >= 0.3 is 6.03 Å². The predicted octanol–water partition coefficient (Wildman–Crippen LogP) is 3.45. The van der Waals surface area contributed by atoms with E-state index in [4.69, 9.17) is 23.2 Å². The van der Waals surface area contributed by atoms with E-state index in [0.717, 1.165) is 11.1 Å². The number of nitrogens with zero attached hydrogens (tertiary/aromatic N) is 1. The van der Waals surface area contributed by atoms with Crippen molar-refractivity contribution in [3.8, 4) is 0 Å². The van der Waals surface area contributed by atoms with E-state index >= 15 is 0 Å². The number of halogens is 2. The molecular formula is C16H17Cl2N2O3P. The molecule has 2 N–H and O–H groups in total. The summed E-state index contributed by atoms with van der Waals surface area (Å²) in [7, 11) is 0.457. The van der Waals surface area contributed by atoms with Crippen molar-refractivity contribution >= 4 is 42.6 Å². The molecule has 0 aliphatic heterocycles. The molecule has 0 fully saturated rings. The minimum absolute atomic E-state index is 0.272. The molecule has 2 amide bonds. The fraction of sp³-hybridized carbons (Fsp3) is 0.188. The number of carbonyl (C=O) groups is 1. The van der Waals surface area contributed by atoms with E-state index in [1.54, 1.807) is 56.6 Å². The van der Waals surface area contributed by atoms with Crippen molar-refractivity contribution in [2.45, 2.75) is 6.04 Å². The standard InChI is InChI=1S/C16H17Cl2N2O3P/c1-19-16(21)20(2)15(11-5-8-13(17)14(18)9-11)10-3-6-12(7-4-10)24(22)23/h3-9,15,24H,1-2H3,(H,19,21)(H,22,23). The third-order valence-corrected chi connectivity index (χ3v) is 5.22. The van der Waals surface area contributed by atoms with Crippen LogP contribution in [-0.4, -0.2) is 29.9 Å². The van der Waals surface area contributed by atoms with E-state index in [1.807, 2.05) is 0 Å². The summed E-state index contributed by atoms with van der Waals surface area (Å²) in [4.78, 5) is 22.8. The van der Waals surface area contributed by atoms with Gasteiger partial charge in [0.05, 0.1) is 16.1 Å². The highest BCUT2D eigenvalue weighted by Crippen LogP contribution is 2.32. The van der Waals surface area contributed by atoms with Gasteiger partial charge in [-0.2, -0.15) is 0 Å². The second-order valence-electron chi connectivity index (χ2n) is 5.17. The highest BCUT2D eigenvalue weighted by Gasteiger charge is 2.23. The molecule has 2 rings (SSSR count). The van der Waals surface area contributed by atoms with Gasteiger partial charge in [0.15, 0.2) is 0 Å². The van der Waals surface area contributed by atoms with Crippen LogP contribution in [0.25, 0.3) is 0 Å². The van der Waals surface area contributed by atoms with Crippen molar-refractivity contribution in [1.29, 1.82) is 0 Å². The number of benzene rings is 2. The molecule has 0 aliphatic carbocycles. The maximum Gasteiger partial charge on any atom is 0.317 e. The fourth-order valence-electron chi connectivity index (χ4n) is 2.42. The lowest BCUT2D eigenvalue weighted by Gasteiger charge is -2.29. The van der Waals surface area contributed by atoms with Crippen LogP contribution >= 0.6 is 31.2 Å². The molecule has 0 bridgehead atoms. The van der Waals surface area contributed by atoms with E-state index in [0.29, 0.717) is 15.3 Å². The van der Waals surface area contributed by atoms with E-state index in [-0.39, 0.29) is 6.03 Å². The highest BCUT2D eigenvalue weighted by atomic mass is 35.5. The second kappa shape index (κ2) is 8.04. The Morgan fingerprint density at radius 1 is 1.12 bits per heavy atom. The minimum Gasteiger partial charge on any atom is -0.343 e. The average molecular weight is 387 g/mol. The van der Waals surface area contributed by atoms with E-state index in [1.165, 1.54) is 4.90 Å². The maximum absolute atomic E-state index is 12.1. The number of urea groups is 1. The van der Waals surface area contributed by atoms with Crippen LogP contribution in [0.2, 0.25) is 10.0 Å². The number of hydrogen-bond donors (Lipinski definition) is 2. The topological polar surface area (TPSA) is 69.6 Å². The molecule has 0 aromatic heterocycles. The Bertz CT molecular complexity index is 768. The SMILES string of the molecule is CNC(=O)N(C)C(c1ccc([PH](=O)O)cc1)c1ccc(Cl)c(Cl)c1. The first kappa shape index (κ1) is 18.8. The monoisotopic (exact) mass is 386 g/mol. The molecule has 2 aromatic carbocycles. The number of carbonyl (C=O) groups excluding carboxylic acids is 1. The Labute approximate surface area is 151 Å². The van der Waals surface area contributed by atoms with E-state index < -0.39 is 14.1 Å². The molecule has 2 aromatic rings. The molecule has 0 spiro atoms. The zero-order valence-corrected chi connectivity index (χ0v) is 15.6. The average Bonchev–Trinajstić information content (AvgIpc) is 2.57. The molecule has 24 heavy (non-hydrogen) atoms. The fourth-order valence-corrected chi connectivity index (χ4v) is 3.18. The highest BCUT2D eigenvalue weighted by molar-refractivity contribution is 7.47. The van der Waals surface area contributed by atoms with Gasteiger partial charge in [0.1, 0.15) is 0 Å². The summed E-state index contributed by atoms with van der Waals surface area (Å²) in [5.74, 6) is 0. The summed E-state index contributed by atoms with van der Waals surface area (Å²) in [6.07, 6.45) is 0. The summed E-state index contributed by atoms with van der Waals surface area (Å²) >= 11 is 12.1. The third-order valence-electron chi connectivity index (χ3n) is 3.65. The normalized spacial score (nSPS) is 13.2. The Balaban J connectivity index is 2.51. The van der Waals surface area contributed by atoms with E-state index in [2.05, 4.69) is 5.32 Å². The summed E-state index contributed by atoms with van der Waals surface area (Å²) in [6.45, 7) is 0. The third kappa shape index (κ3) is 4.11. The summed E-state index contributed by atoms with van der Waals surface area (Å²) in [6, 6.07) is 11.1. The summed E-state index contributed by atoms with van der Waals surface area (Å²) < 4.78 is 11.2. The van der Waals surface area contributed by atoms with Crippen molar-refractivity contribution in [2.24, 2.45) is 0 Å². The van der Waals surface area contributed by atoms with Crippen LogP contribution in [0.1, 0.15) is 17.2 Å². The maximum atomic E-state index is 12.1. The largest absolute Gasteiger partial charge is 0.343 e. The quantitative estimate of drug-likeness (QED) is 0.790. The second-order valence-corrected chi connectivity index (χ2v) is 7.17. The molecule has 0 heterocycles. The molecule has 8 heteroatoms. The molecule has 0 saturated carbocycles. The predicted molar refractivity (Wildman–Crippen MR) is 97.8 cm³/mol. The van der Waals surface area contributed by atoms with Gasteiger partial charge < -0.3 is 15.1 Å². The van der Waals surface area contributed by atoms with Gasteiger partial charge in [0.25, 0.3) is 0 Å². The van der Waals surface area contributed by atoms with Crippen LogP contribution < -0.4 is 10.6 Å². The van der Waals surface area contributed by atoms with Crippen LogP contribution in [0.4, 0.5) is 4.79 Å². The van der Waals surface area contributed by atoms with Gasteiger partial charge in [-0.1, -0.05) is 41.4 Å². The zero-order valence-electron chi connectivity index (χ0n) is 13.1. The van der Waals surface area contributed by atoms with Gasteiger partial charge in [-0.05, 0) is 35.4 Å². The van der Waals surface area contributed by atoms with Crippen LogP contribution in [0.5, 0.6) is 0 Å². The van der Waals surface area contributed by atoms with Gasteiger partial charge in [-0.3, -0.25) is 4.57 Å². The molecular weight excluding hydrogens is 370 g/mol. The molecule has 2 unspecified atom stereocenters. The van der Waals surface area contributed by atoms with Gasteiger partial charge in [-0.25, -0.2) is 4.79 Å². The molecule has 128 valence electrons. The lowest BCUT2D eigenvalue weighted by molar-refractivity contribution is 0.200. The Morgan fingerprint density at radius 2 is 1.71 bits per heavy atom. The smallest absolute Gasteiger partial charge is 0.317 e. The van der Waals surface area contributed by atoms with Crippen LogP contribution in [0, 0.1) is 0 Å². The van der Waals surface area contributed by atoms with Gasteiger partial charge in [-0.15, -0.1) is 0 Å².